The van der Waals surface area contributed by atoms with E-state index >= 15 is 0 Å². The summed E-state index contributed by atoms with van der Waals surface area (Å²) >= 11 is 0. The van der Waals surface area contributed by atoms with Crippen molar-refractivity contribution in [3.8, 4) is 11.4 Å². The minimum atomic E-state index is -4.06. The fraction of sp³-hybridized carbons (Fsp3) is 0.211. The fourth-order valence-corrected chi connectivity index (χ4v) is 4.36. The van der Waals surface area contributed by atoms with Gasteiger partial charge in [0.05, 0.1) is 15.8 Å². The highest BCUT2D eigenvalue weighted by Crippen LogP contribution is 2.26. The molecule has 12 heteroatoms. The van der Waals surface area contributed by atoms with Crippen LogP contribution in [0.15, 0.2) is 61.7 Å². The number of H-pyrrole nitrogens is 2. The molecule has 0 bridgehead atoms. The van der Waals surface area contributed by atoms with Gasteiger partial charge in [0.2, 0.25) is 21.7 Å². The molecule has 4 aromatic rings. The normalized spacial score (nSPS) is 13.0. The van der Waals surface area contributed by atoms with Crippen molar-refractivity contribution in [1.29, 1.82) is 0 Å². The summed E-state index contributed by atoms with van der Waals surface area (Å²) in [6, 6.07) is 6.52. The number of fused-ring (bicyclic) bond motifs is 1. The second kappa shape index (κ2) is 7.89. The Balaban J connectivity index is 1.68. The zero-order chi connectivity index (χ0) is 22.2. The van der Waals surface area contributed by atoms with Crippen LogP contribution in [-0.2, 0) is 10.0 Å². The largest absolute Gasteiger partial charge is 0.337 e. The van der Waals surface area contributed by atoms with Gasteiger partial charge in [0.15, 0.2) is 0 Å². The van der Waals surface area contributed by atoms with Gasteiger partial charge in [-0.1, -0.05) is 19.0 Å². The number of hydrogen-bond donors (Lipinski definition) is 3. The van der Waals surface area contributed by atoms with Crippen molar-refractivity contribution in [1.82, 2.24) is 29.8 Å². The molecule has 0 aliphatic rings. The topological polar surface area (TPSA) is 164 Å². The Morgan fingerprint density at radius 2 is 1.94 bits per heavy atom. The third-order valence-corrected chi connectivity index (χ3v) is 6.04. The summed E-state index contributed by atoms with van der Waals surface area (Å²) in [6.07, 6.45) is 3.18. The Labute approximate surface area is 175 Å². The summed E-state index contributed by atoms with van der Waals surface area (Å²) in [6.45, 7) is 3.61. The molecule has 0 aliphatic carbocycles. The summed E-state index contributed by atoms with van der Waals surface area (Å²) < 4.78 is 33.9. The molecule has 3 aromatic heterocycles. The number of aromatic amines is 2. The summed E-state index contributed by atoms with van der Waals surface area (Å²) in [5, 5.41) is 3.96. The van der Waals surface area contributed by atoms with E-state index in [1.54, 1.807) is 38.4 Å². The molecule has 4 rings (SSSR count). The van der Waals surface area contributed by atoms with Crippen LogP contribution in [0.1, 0.15) is 25.8 Å². The average Bonchev–Trinajstić information content (AvgIpc) is 3.22. The van der Waals surface area contributed by atoms with E-state index in [9.17, 15) is 18.0 Å². The molecule has 0 aliphatic heterocycles. The third-order valence-electron chi connectivity index (χ3n) is 4.60. The first-order valence-electron chi connectivity index (χ1n) is 9.27. The Morgan fingerprint density at radius 1 is 1.13 bits per heavy atom. The molecule has 160 valence electrons. The summed E-state index contributed by atoms with van der Waals surface area (Å²) in [5.74, 6) is 0.159. The van der Waals surface area contributed by atoms with Crippen molar-refractivity contribution < 1.29 is 12.9 Å². The summed E-state index contributed by atoms with van der Waals surface area (Å²) in [5.41, 5.74) is -0.502. The maximum absolute atomic E-state index is 13.0. The van der Waals surface area contributed by atoms with E-state index < -0.39 is 27.3 Å². The molecule has 0 fully saturated rings. The van der Waals surface area contributed by atoms with E-state index in [0.29, 0.717) is 5.56 Å². The number of benzene rings is 1. The zero-order valence-corrected chi connectivity index (χ0v) is 17.3. The molecule has 0 amide bonds. The summed E-state index contributed by atoms with van der Waals surface area (Å²) in [4.78, 5) is 36.1. The third kappa shape index (κ3) is 4.15. The number of sulfonamides is 1. The number of aromatic nitrogens is 5. The van der Waals surface area contributed by atoms with Crippen LogP contribution in [0.3, 0.4) is 0 Å². The van der Waals surface area contributed by atoms with Crippen LogP contribution in [-0.4, -0.2) is 33.5 Å². The van der Waals surface area contributed by atoms with E-state index in [1.807, 2.05) is 0 Å². The van der Waals surface area contributed by atoms with Crippen LogP contribution in [0.25, 0.3) is 22.3 Å². The second-order valence-electron chi connectivity index (χ2n) is 7.16. The Bertz CT molecular complexity index is 1460. The SMILES string of the molecule is CC(C)C(NS(=O)(=O)c1ccc2[nH]c(=O)[nH]c(=O)c2c1)c1nc(-c2cccnc2)no1. The summed E-state index contributed by atoms with van der Waals surface area (Å²) in [7, 11) is -4.06. The van der Waals surface area contributed by atoms with Crippen LogP contribution in [0.2, 0.25) is 0 Å². The Kier molecular flexibility index (Phi) is 5.25. The van der Waals surface area contributed by atoms with Gasteiger partial charge in [0, 0.05) is 18.0 Å². The van der Waals surface area contributed by atoms with Gasteiger partial charge in [0.25, 0.3) is 5.56 Å². The van der Waals surface area contributed by atoms with Crippen molar-refractivity contribution in [3.05, 3.63) is 69.5 Å². The predicted octanol–water partition coefficient (Wildman–Crippen LogP) is 1.34. The fourth-order valence-electron chi connectivity index (χ4n) is 2.99. The quantitative estimate of drug-likeness (QED) is 0.402. The van der Waals surface area contributed by atoms with Gasteiger partial charge in [-0.2, -0.15) is 9.71 Å². The van der Waals surface area contributed by atoms with Gasteiger partial charge in [-0.3, -0.25) is 14.8 Å². The van der Waals surface area contributed by atoms with Gasteiger partial charge in [-0.05, 0) is 36.2 Å². The Hall–Kier alpha value is -3.64. The van der Waals surface area contributed by atoms with Crippen LogP contribution >= 0.6 is 0 Å². The average molecular weight is 442 g/mol. The second-order valence-corrected chi connectivity index (χ2v) is 8.87. The van der Waals surface area contributed by atoms with Gasteiger partial charge < -0.3 is 9.51 Å². The first-order chi connectivity index (χ1) is 14.7. The standard InChI is InChI=1S/C19H18N6O5S/c1-10(2)15(18-22-16(24-30-18)11-4-3-7-20-9-11)25-31(28,29)12-5-6-14-13(8-12)17(26)23-19(27)21-14/h3-10,15,25H,1-2H3,(H2,21,23,26,27). The molecule has 3 N–H and O–H groups in total. The molecule has 0 saturated carbocycles. The molecule has 31 heavy (non-hydrogen) atoms. The van der Waals surface area contributed by atoms with Gasteiger partial charge >= 0.3 is 5.69 Å². The smallest absolute Gasteiger partial charge is 0.326 e. The molecule has 1 unspecified atom stereocenters. The highest BCUT2D eigenvalue weighted by atomic mass is 32.2. The maximum Gasteiger partial charge on any atom is 0.326 e. The van der Waals surface area contributed by atoms with Crippen molar-refractivity contribution in [3.63, 3.8) is 0 Å². The van der Waals surface area contributed by atoms with E-state index in [-0.39, 0.29) is 33.4 Å². The molecular weight excluding hydrogens is 424 g/mol. The number of hydrogen-bond acceptors (Lipinski definition) is 8. The van der Waals surface area contributed by atoms with E-state index in [1.165, 1.54) is 18.2 Å². The van der Waals surface area contributed by atoms with Crippen molar-refractivity contribution in [2.45, 2.75) is 24.8 Å². The lowest BCUT2D eigenvalue weighted by molar-refractivity contribution is 0.311. The molecule has 0 radical (unpaired) electrons. The molecule has 0 spiro atoms. The van der Waals surface area contributed by atoms with Gasteiger partial charge in [-0.25, -0.2) is 13.2 Å². The number of nitrogens with zero attached hydrogens (tertiary/aromatic N) is 3. The van der Waals surface area contributed by atoms with Crippen molar-refractivity contribution in [2.24, 2.45) is 5.92 Å². The van der Waals surface area contributed by atoms with Crippen LogP contribution in [0, 0.1) is 5.92 Å². The number of nitrogens with one attached hydrogen (secondary N) is 3. The monoisotopic (exact) mass is 442 g/mol. The highest BCUT2D eigenvalue weighted by Gasteiger charge is 2.29. The lowest BCUT2D eigenvalue weighted by Gasteiger charge is -2.18. The molecule has 11 nitrogen and oxygen atoms in total. The minimum absolute atomic E-state index is 0.0419. The van der Waals surface area contributed by atoms with Crippen LogP contribution in [0.4, 0.5) is 0 Å². The molecule has 0 saturated heterocycles. The van der Waals surface area contributed by atoms with Gasteiger partial charge in [-0.15, -0.1) is 0 Å². The molecular formula is C19H18N6O5S. The van der Waals surface area contributed by atoms with Gasteiger partial charge in [0.1, 0.15) is 6.04 Å². The Morgan fingerprint density at radius 3 is 2.65 bits per heavy atom. The number of pyridine rings is 1. The first-order valence-corrected chi connectivity index (χ1v) is 10.8. The van der Waals surface area contributed by atoms with Crippen molar-refractivity contribution >= 4 is 20.9 Å². The first kappa shape index (κ1) is 20.6. The maximum atomic E-state index is 13.0. The lowest BCUT2D eigenvalue weighted by atomic mass is 10.1. The minimum Gasteiger partial charge on any atom is -0.337 e. The number of rotatable bonds is 6. The zero-order valence-electron chi connectivity index (χ0n) is 16.5. The molecule has 1 atom stereocenters. The van der Waals surface area contributed by atoms with E-state index in [2.05, 4.69) is 29.8 Å². The molecule has 3 heterocycles. The molecule has 1 aromatic carbocycles. The van der Waals surface area contributed by atoms with Crippen LogP contribution in [0.5, 0.6) is 0 Å². The lowest BCUT2D eigenvalue weighted by Crippen LogP contribution is -2.32. The van der Waals surface area contributed by atoms with Crippen LogP contribution < -0.4 is 16.0 Å². The van der Waals surface area contributed by atoms with Crippen molar-refractivity contribution in [2.75, 3.05) is 0 Å². The predicted molar refractivity (Wildman–Crippen MR) is 111 cm³/mol. The highest BCUT2D eigenvalue weighted by molar-refractivity contribution is 7.89. The van der Waals surface area contributed by atoms with E-state index in [4.69, 9.17) is 4.52 Å². The van der Waals surface area contributed by atoms with E-state index in [0.717, 1.165) is 0 Å².